The SMILES string of the molecule is Cc1c2c(cc3c1C(=O)C(C)(C)C3)C(=O)OCC2. The Kier molecular flexibility index (Phi) is 2.19. The quantitative estimate of drug-likeness (QED) is 0.658. The van der Waals surface area contributed by atoms with Crippen molar-refractivity contribution in [3.05, 3.63) is 33.9 Å². The highest BCUT2D eigenvalue weighted by Crippen LogP contribution is 2.40. The summed E-state index contributed by atoms with van der Waals surface area (Å²) in [5, 5.41) is 0. The number of ether oxygens (including phenoxy) is 1. The van der Waals surface area contributed by atoms with E-state index in [0.717, 1.165) is 22.3 Å². The fourth-order valence-corrected chi connectivity index (χ4v) is 3.11. The molecule has 3 rings (SSSR count). The van der Waals surface area contributed by atoms with Crippen molar-refractivity contribution in [1.82, 2.24) is 0 Å². The van der Waals surface area contributed by atoms with Crippen molar-refractivity contribution in [1.29, 1.82) is 0 Å². The maximum absolute atomic E-state index is 12.4. The molecule has 0 aromatic heterocycles. The first kappa shape index (κ1) is 11.5. The van der Waals surface area contributed by atoms with E-state index in [2.05, 4.69) is 0 Å². The fraction of sp³-hybridized carbons (Fsp3) is 0.467. The average Bonchev–Trinajstić information content (AvgIpc) is 2.52. The van der Waals surface area contributed by atoms with Gasteiger partial charge in [0.15, 0.2) is 5.78 Å². The lowest BCUT2D eigenvalue weighted by atomic mass is 9.88. The van der Waals surface area contributed by atoms with Crippen LogP contribution in [-0.2, 0) is 17.6 Å². The third-order valence-corrected chi connectivity index (χ3v) is 4.07. The van der Waals surface area contributed by atoms with Crippen LogP contribution in [0.1, 0.15) is 51.3 Å². The number of esters is 1. The summed E-state index contributed by atoms with van der Waals surface area (Å²) in [6.07, 6.45) is 1.43. The Balaban J connectivity index is 2.27. The van der Waals surface area contributed by atoms with Crippen molar-refractivity contribution < 1.29 is 14.3 Å². The van der Waals surface area contributed by atoms with Gasteiger partial charge in [-0.2, -0.15) is 0 Å². The van der Waals surface area contributed by atoms with Gasteiger partial charge in [-0.25, -0.2) is 4.79 Å². The first-order valence-corrected chi connectivity index (χ1v) is 6.29. The Labute approximate surface area is 106 Å². The van der Waals surface area contributed by atoms with Gasteiger partial charge in [-0.05, 0) is 36.1 Å². The van der Waals surface area contributed by atoms with Crippen LogP contribution in [0.15, 0.2) is 6.07 Å². The molecule has 3 nitrogen and oxygen atoms in total. The molecular weight excluding hydrogens is 228 g/mol. The zero-order valence-corrected chi connectivity index (χ0v) is 10.9. The number of hydrogen-bond donors (Lipinski definition) is 0. The summed E-state index contributed by atoms with van der Waals surface area (Å²) in [7, 11) is 0. The van der Waals surface area contributed by atoms with E-state index in [-0.39, 0.29) is 17.2 Å². The summed E-state index contributed by atoms with van der Waals surface area (Å²) in [5.41, 5.74) is 4.13. The number of ketones is 1. The van der Waals surface area contributed by atoms with Gasteiger partial charge in [-0.15, -0.1) is 0 Å². The zero-order chi connectivity index (χ0) is 13.1. The van der Waals surface area contributed by atoms with E-state index in [1.807, 2.05) is 26.8 Å². The number of Topliss-reactive ketones (excluding diaryl/α,β-unsaturated/α-hetero) is 1. The molecule has 2 aliphatic rings. The summed E-state index contributed by atoms with van der Waals surface area (Å²) in [4.78, 5) is 24.2. The van der Waals surface area contributed by atoms with Crippen molar-refractivity contribution >= 4 is 11.8 Å². The molecule has 94 valence electrons. The topological polar surface area (TPSA) is 43.4 Å². The molecule has 0 N–H and O–H groups in total. The summed E-state index contributed by atoms with van der Waals surface area (Å²) in [5.74, 6) is -0.0453. The van der Waals surface area contributed by atoms with Gasteiger partial charge in [0.1, 0.15) is 0 Å². The zero-order valence-electron chi connectivity index (χ0n) is 10.9. The van der Waals surface area contributed by atoms with Crippen LogP contribution in [0.25, 0.3) is 0 Å². The van der Waals surface area contributed by atoms with E-state index in [9.17, 15) is 9.59 Å². The van der Waals surface area contributed by atoms with Gasteiger partial charge in [-0.1, -0.05) is 13.8 Å². The second-order valence-corrected chi connectivity index (χ2v) is 5.84. The Morgan fingerprint density at radius 2 is 2.00 bits per heavy atom. The highest BCUT2D eigenvalue weighted by molar-refractivity contribution is 6.07. The monoisotopic (exact) mass is 244 g/mol. The molecule has 1 aromatic rings. The van der Waals surface area contributed by atoms with Gasteiger partial charge in [0, 0.05) is 17.4 Å². The molecule has 1 heterocycles. The van der Waals surface area contributed by atoms with Crippen LogP contribution in [0.5, 0.6) is 0 Å². The van der Waals surface area contributed by atoms with E-state index in [1.165, 1.54) is 0 Å². The fourth-order valence-electron chi connectivity index (χ4n) is 3.11. The lowest BCUT2D eigenvalue weighted by molar-refractivity contribution is 0.0479. The lowest BCUT2D eigenvalue weighted by Crippen LogP contribution is -2.21. The van der Waals surface area contributed by atoms with Gasteiger partial charge < -0.3 is 4.74 Å². The first-order chi connectivity index (χ1) is 8.42. The second-order valence-electron chi connectivity index (χ2n) is 5.84. The normalized spacial score (nSPS) is 20.4. The first-order valence-electron chi connectivity index (χ1n) is 6.29. The molecule has 0 saturated heterocycles. The van der Waals surface area contributed by atoms with E-state index in [1.54, 1.807) is 0 Å². The Morgan fingerprint density at radius 1 is 1.28 bits per heavy atom. The summed E-state index contributed by atoms with van der Waals surface area (Å²) < 4.78 is 5.07. The molecule has 0 fully saturated rings. The minimum atomic E-state index is -0.346. The van der Waals surface area contributed by atoms with Crippen LogP contribution in [-0.4, -0.2) is 18.4 Å². The van der Waals surface area contributed by atoms with Crippen molar-refractivity contribution in [2.24, 2.45) is 5.41 Å². The van der Waals surface area contributed by atoms with E-state index in [4.69, 9.17) is 4.74 Å². The molecule has 0 amide bonds. The molecule has 0 unspecified atom stereocenters. The predicted molar refractivity (Wildman–Crippen MR) is 67.0 cm³/mol. The van der Waals surface area contributed by atoms with Crippen LogP contribution < -0.4 is 0 Å². The molecule has 0 spiro atoms. The average molecular weight is 244 g/mol. The van der Waals surface area contributed by atoms with Crippen LogP contribution in [0, 0.1) is 12.3 Å². The van der Waals surface area contributed by atoms with Crippen LogP contribution in [0.4, 0.5) is 0 Å². The standard InChI is InChI=1S/C15H16O3/c1-8-10-4-5-18-14(17)11(10)6-9-7-15(2,3)13(16)12(8)9/h6H,4-5,7H2,1-3H3. The molecular formula is C15H16O3. The Morgan fingerprint density at radius 3 is 2.72 bits per heavy atom. The van der Waals surface area contributed by atoms with Crippen LogP contribution in [0.3, 0.4) is 0 Å². The molecule has 1 aliphatic carbocycles. The predicted octanol–water partition coefficient (Wildman–Crippen LogP) is 2.47. The molecule has 3 heteroatoms. The van der Waals surface area contributed by atoms with Gasteiger partial charge in [0.25, 0.3) is 0 Å². The summed E-state index contributed by atoms with van der Waals surface area (Å²) in [6, 6.07) is 1.87. The van der Waals surface area contributed by atoms with Crippen molar-refractivity contribution in [3.63, 3.8) is 0 Å². The van der Waals surface area contributed by atoms with Gasteiger partial charge in [0.2, 0.25) is 0 Å². The van der Waals surface area contributed by atoms with Gasteiger partial charge in [0.05, 0.1) is 12.2 Å². The number of benzene rings is 1. The minimum Gasteiger partial charge on any atom is -0.462 e. The van der Waals surface area contributed by atoms with E-state index < -0.39 is 0 Å². The molecule has 0 bridgehead atoms. The third-order valence-electron chi connectivity index (χ3n) is 4.07. The Hall–Kier alpha value is -1.64. The molecule has 18 heavy (non-hydrogen) atoms. The maximum atomic E-state index is 12.4. The van der Waals surface area contributed by atoms with Gasteiger partial charge >= 0.3 is 5.97 Å². The lowest BCUT2D eigenvalue weighted by Gasteiger charge is -2.20. The summed E-state index contributed by atoms with van der Waals surface area (Å²) >= 11 is 0. The molecule has 0 saturated carbocycles. The van der Waals surface area contributed by atoms with Crippen molar-refractivity contribution in [2.75, 3.05) is 6.61 Å². The smallest absolute Gasteiger partial charge is 0.338 e. The molecule has 1 aromatic carbocycles. The number of cyclic esters (lactones) is 1. The number of fused-ring (bicyclic) bond motifs is 2. The van der Waals surface area contributed by atoms with Crippen LogP contribution >= 0.6 is 0 Å². The van der Waals surface area contributed by atoms with Crippen molar-refractivity contribution in [2.45, 2.75) is 33.6 Å². The largest absolute Gasteiger partial charge is 0.462 e. The Bertz CT molecular complexity index is 582. The molecule has 1 aliphatic heterocycles. The second kappa shape index (κ2) is 3.44. The molecule has 0 atom stereocenters. The third kappa shape index (κ3) is 1.36. The van der Waals surface area contributed by atoms with E-state index in [0.29, 0.717) is 25.0 Å². The van der Waals surface area contributed by atoms with E-state index >= 15 is 0 Å². The number of carbonyl (C=O) groups is 2. The van der Waals surface area contributed by atoms with Crippen LogP contribution in [0.2, 0.25) is 0 Å². The summed E-state index contributed by atoms with van der Waals surface area (Å²) in [6.45, 7) is 6.30. The van der Waals surface area contributed by atoms with Gasteiger partial charge in [-0.3, -0.25) is 4.79 Å². The number of hydrogen-bond acceptors (Lipinski definition) is 3. The number of carbonyl (C=O) groups excluding carboxylic acids is 2. The highest BCUT2D eigenvalue weighted by Gasteiger charge is 2.40. The highest BCUT2D eigenvalue weighted by atomic mass is 16.5. The number of rotatable bonds is 0. The minimum absolute atomic E-state index is 0.205. The van der Waals surface area contributed by atoms with Crippen molar-refractivity contribution in [3.8, 4) is 0 Å². The maximum Gasteiger partial charge on any atom is 0.338 e. The molecule has 0 radical (unpaired) electrons.